The van der Waals surface area contributed by atoms with Crippen molar-refractivity contribution in [2.75, 3.05) is 46.9 Å². The third-order valence-corrected chi connectivity index (χ3v) is 1.95. The summed E-state index contributed by atoms with van der Waals surface area (Å²) in [6, 6.07) is 0. The number of hydrogen-bond acceptors (Lipinski definition) is 3. The summed E-state index contributed by atoms with van der Waals surface area (Å²) in [5.74, 6) is 0. The molecule has 0 spiro atoms. The van der Waals surface area contributed by atoms with Gasteiger partial charge in [0.2, 0.25) is 0 Å². The van der Waals surface area contributed by atoms with Gasteiger partial charge >= 0.3 is 0 Å². The van der Waals surface area contributed by atoms with Crippen LogP contribution in [0, 0.1) is 0 Å². The van der Waals surface area contributed by atoms with Crippen molar-refractivity contribution < 1.29 is 4.74 Å². The summed E-state index contributed by atoms with van der Waals surface area (Å²) in [4.78, 5) is 2.21. The molecule has 0 aromatic carbocycles. The van der Waals surface area contributed by atoms with Crippen molar-refractivity contribution in [3.8, 4) is 0 Å². The number of ether oxygens (including phenoxy) is 1. The van der Waals surface area contributed by atoms with E-state index in [0.29, 0.717) is 0 Å². The highest BCUT2D eigenvalue weighted by molar-refractivity contribution is 4.50. The summed E-state index contributed by atoms with van der Waals surface area (Å²) in [6.45, 7) is 7.30. The van der Waals surface area contributed by atoms with Crippen LogP contribution in [-0.4, -0.2) is 51.8 Å². The maximum Gasteiger partial charge on any atom is 0.0478 e. The van der Waals surface area contributed by atoms with Gasteiger partial charge in [-0.25, -0.2) is 0 Å². The molecule has 0 saturated heterocycles. The van der Waals surface area contributed by atoms with E-state index in [-0.39, 0.29) is 0 Å². The Hall–Kier alpha value is -0.120. The van der Waals surface area contributed by atoms with E-state index in [1.165, 1.54) is 13.0 Å². The molecule has 0 aliphatic carbocycles. The van der Waals surface area contributed by atoms with Crippen molar-refractivity contribution in [1.82, 2.24) is 10.2 Å². The fourth-order valence-corrected chi connectivity index (χ4v) is 1.19. The third-order valence-electron chi connectivity index (χ3n) is 1.95. The highest BCUT2D eigenvalue weighted by Crippen LogP contribution is 1.85. The number of hydrogen-bond donors (Lipinski definition) is 1. The highest BCUT2D eigenvalue weighted by atomic mass is 16.5. The Morgan fingerprint density at radius 1 is 1.07 bits per heavy atom. The van der Waals surface area contributed by atoms with Crippen LogP contribution in [-0.2, 0) is 4.74 Å². The maximum atomic E-state index is 5.38. The quantitative estimate of drug-likeness (QED) is 0.541. The average molecular weight is 202 g/mol. The molecule has 0 aliphatic heterocycles. The molecule has 0 aliphatic rings. The Morgan fingerprint density at radius 2 is 1.79 bits per heavy atom. The average Bonchev–Trinajstić information content (AvgIpc) is 2.15. The topological polar surface area (TPSA) is 24.5 Å². The van der Waals surface area contributed by atoms with Gasteiger partial charge in [-0.1, -0.05) is 6.92 Å². The first kappa shape index (κ1) is 13.9. The van der Waals surface area contributed by atoms with Crippen molar-refractivity contribution in [3.63, 3.8) is 0 Å². The summed E-state index contributed by atoms with van der Waals surface area (Å²) < 4.78 is 5.38. The summed E-state index contributed by atoms with van der Waals surface area (Å²) in [5.41, 5.74) is 0. The fraction of sp³-hybridized carbons (Fsp3) is 1.00. The minimum Gasteiger partial charge on any atom is -0.381 e. The van der Waals surface area contributed by atoms with E-state index in [9.17, 15) is 0 Å². The molecular formula is C11H26N2O. The Bertz CT molecular complexity index is 107. The molecular weight excluding hydrogens is 176 g/mol. The van der Waals surface area contributed by atoms with Crippen LogP contribution in [0.4, 0.5) is 0 Å². The molecule has 14 heavy (non-hydrogen) atoms. The van der Waals surface area contributed by atoms with Gasteiger partial charge in [0.15, 0.2) is 0 Å². The molecule has 0 aromatic rings. The molecule has 0 aromatic heterocycles. The normalized spacial score (nSPS) is 11.1. The van der Waals surface area contributed by atoms with E-state index in [0.717, 1.165) is 39.1 Å². The molecule has 0 saturated carbocycles. The zero-order chi connectivity index (χ0) is 10.6. The Morgan fingerprint density at radius 3 is 2.43 bits per heavy atom. The number of nitrogens with one attached hydrogen (secondary N) is 1. The fourth-order valence-electron chi connectivity index (χ4n) is 1.19. The van der Waals surface area contributed by atoms with E-state index in [4.69, 9.17) is 4.74 Å². The van der Waals surface area contributed by atoms with Crippen LogP contribution in [0.1, 0.15) is 26.2 Å². The van der Waals surface area contributed by atoms with Gasteiger partial charge in [0.25, 0.3) is 0 Å². The third kappa shape index (κ3) is 11.9. The van der Waals surface area contributed by atoms with E-state index in [2.05, 4.69) is 31.2 Å². The molecule has 86 valence electrons. The largest absolute Gasteiger partial charge is 0.381 e. The van der Waals surface area contributed by atoms with E-state index >= 15 is 0 Å². The van der Waals surface area contributed by atoms with Crippen molar-refractivity contribution in [2.45, 2.75) is 26.2 Å². The van der Waals surface area contributed by atoms with Gasteiger partial charge in [-0.15, -0.1) is 0 Å². The summed E-state index contributed by atoms with van der Waals surface area (Å²) >= 11 is 0. The molecule has 0 heterocycles. The Balaban J connectivity index is 2.85. The molecule has 3 nitrogen and oxygen atoms in total. The van der Waals surface area contributed by atoms with E-state index in [1.807, 2.05) is 0 Å². The molecule has 1 N–H and O–H groups in total. The van der Waals surface area contributed by atoms with Gasteiger partial charge in [0.05, 0.1) is 0 Å². The predicted molar refractivity (Wildman–Crippen MR) is 61.8 cm³/mol. The molecule has 0 bridgehead atoms. The first-order valence-electron chi connectivity index (χ1n) is 5.70. The first-order valence-corrected chi connectivity index (χ1v) is 5.70. The number of nitrogens with zero attached hydrogens (tertiary/aromatic N) is 1. The van der Waals surface area contributed by atoms with Gasteiger partial charge in [-0.2, -0.15) is 0 Å². The highest BCUT2D eigenvalue weighted by Gasteiger charge is 1.91. The van der Waals surface area contributed by atoms with E-state index < -0.39 is 0 Å². The zero-order valence-electron chi connectivity index (χ0n) is 10.0. The van der Waals surface area contributed by atoms with Crippen molar-refractivity contribution in [1.29, 1.82) is 0 Å². The standard InChI is InChI=1S/C11H26N2O/c1-4-10-14-11-6-8-12-7-5-9-13(2)3/h12H,4-11H2,1-3H3. The van der Waals surface area contributed by atoms with Gasteiger partial charge in [-0.3, -0.25) is 0 Å². The van der Waals surface area contributed by atoms with Gasteiger partial charge < -0.3 is 15.0 Å². The molecule has 0 unspecified atom stereocenters. The number of rotatable bonds is 10. The monoisotopic (exact) mass is 202 g/mol. The lowest BCUT2D eigenvalue weighted by atomic mass is 10.4. The van der Waals surface area contributed by atoms with Gasteiger partial charge in [-0.05, 0) is 53.0 Å². The summed E-state index contributed by atoms with van der Waals surface area (Å²) in [5, 5.41) is 3.41. The van der Waals surface area contributed by atoms with Crippen LogP contribution >= 0.6 is 0 Å². The minimum atomic E-state index is 0.897. The summed E-state index contributed by atoms with van der Waals surface area (Å²) in [7, 11) is 4.22. The molecule has 3 heteroatoms. The van der Waals surface area contributed by atoms with Gasteiger partial charge in [0.1, 0.15) is 0 Å². The second-order valence-corrected chi connectivity index (χ2v) is 3.87. The SMILES string of the molecule is CCCOCCCNCCCN(C)C. The van der Waals surface area contributed by atoms with Crippen LogP contribution in [0.3, 0.4) is 0 Å². The summed E-state index contributed by atoms with van der Waals surface area (Å²) in [6.07, 6.45) is 3.47. The van der Waals surface area contributed by atoms with Crippen LogP contribution in [0.2, 0.25) is 0 Å². The zero-order valence-corrected chi connectivity index (χ0v) is 10.0. The molecule has 0 fully saturated rings. The molecule has 0 atom stereocenters. The Kier molecular flexibility index (Phi) is 10.9. The lowest BCUT2D eigenvalue weighted by Gasteiger charge is -2.09. The lowest BCUT2D eigenvalue weighted by molar-refractivity contribution is 0.132. The molecule has 0 rings (SSSR count). The van der Waals surface area contributed by atoms with Gasteiger partial charge in [0, 0.05) is 13.2 Å². The second-order valence-electron chi connectivity index (χ2n) is 3.87. The Labute approximate surface area is 88.8 Å². The van der Waals surface area contributed by atoms with E-state index in [1.54, 1.807) is 0 Å². The van der Waals surface area contributed by atoms with Crippen LogP contribution in [0.25, 0.3) is 0 Å². The van der Waals surface area contributed by atoms with Crippen molar-refractivity contribution in [3.05, 3.63) is 0 Å². The van der Waals surface area contributed by atoms with Crippen molar-refractivity contribution >= 4 is 0 Å². The van der Waals surface area contributed by atoms with Crippen LogP contribution < -0.4 is 5.32 Å². The smallest absolute Gasteiger partial charge is 0.0478 e. The van der Waals surface area contributed by atoms with Crippen LogP contribution in [0.5, 0.6) is 0 Å². The molecule has 0 radical (unpaired) electrons. The first-order chi connectivity index (χ1) is 6.77. The maximum absolute atomic E-state index is 5.38. The minimum absolute atomic E-state index is 0.897. The predicted octanol–water partition coefficient (Wildman–Crippen LogP) is 1.34. The second kappa shape index (κ2) is 11.0. The van der Waals surface area contributed by atoms with Crippen LogP contribution in [0.15, 0.2) is 0 Å². The van der Waals surface area contributed by atoms with Crippen molar-refractivity contribution in [2.24, 2.45) is 0 Å². The lowest BCUT2D eigenvalue weighted by Crippen LogP contribution is -2.22. The molecule has 0 amide bonds.